The summed E-state index contributed by atoms with van der Waals surface area (Å²) in [5, 5.41) is 7.86. The molecular formula is C13H11N3O2. The van der Waals surface area contributed by atoms with Crippen molar-refractivity contribution in [3.63, 3.8) is 0 Å². The molecule has 5 nitrogen and oxygen atoms in total. The van der Waals surface area contributed by atoms with Crippen molar-refractivity contribution >= 4 is 0 Å². The fourth-order valence-corrected chi connectivity index (χ4v) is 1.82. The third-order valence-electron chi connectivity index (χ3n) is 2.65. The summed E-state index contributed by atoms with van der Waals surface area (Å²) in [5.74, 6) is 1.69. The van der Waals surface area contributed by atoms with Crippen LogP contribution in [0.25, 0.3) is 22.7 Å². The van der Waals surface area contributed by atoms with Crippen molar-refractivity contribution in [2.24, 2.45) is 0 Å². The van der Waals surface area contributed by atoms with Crippen LogP contribution in [0.5, 0.6) is 0 Å². The molecular weight excluding hydrogens is 230 g/mol. The maximum atomic E-state index is 5.24. The molecule has 18 heavy (non-hydrogen) atoms. The highest BCUT2D eigenvalue weighted by Crippen LogP contribution is 2.32. The minimum Gasteiger partial charge on any atom is -0.360 e. The molecule has 2 heterocycles. The van der Waals surface area contributed by atoms with Crippen LogP contribution in [0, 0.1) is 13.8 Å². The Hall–Kier alpha value is -2.43. The maximum Gasteiger partial charge on any atom is 0.263 e. The summed E-state index contributed by atoms with van der Waals surface area (Å²) >= 11 is 0. The average Bonchev–Trinajstić information content (AvgIpc) is 2.96. The van der Waals surface area contributed by atoms with Crippen molar-refractivity contribution in [3.8, 4) is 22.7 Å². The number of rotatable bonds is 2. The first-order valence-corrected chi connectivity index (χ1v) is 5.58. The van der Waals surface area contributed by atoms with Gasteiger partial charge in [-0.25, -0.2) is 0 Å². The quantitative estimate of drug-likeness (QED) is 0.690. The second-order valence-electron chi connectivity index (χ2n) is 3.98. The highest BCUT2D eigenvalue weighted by atomic mass is 16.5. The van der Waals surface area contributed by atoms with E-state index in [0.29, 0.717) is 17.5 Å². The van der Waals surface area contributed by atoms with Crippen LogP contribution >= 0.6 is 0 Å². The first-order chi connectivity index (χ1) is 8.75. The van der Waals surface area contributed by atoms with E-state index in [9.17, 15) is 0 Å². The van der Waals surface area contributed by atoms with E-state index in [4.69, 9.17) is 9.05 Å². The van der Waals surface area contributed by atoms with E-state index in [1.165, 1.54) is 0 Å². The smallest absolute Gasteiger partial charge is 0.263 e. The Bertz CT molecular complexity index is 671. The Morgan fingerprint density at radius 2 is 1.72 bits per heavy atom. The Kier molecular flexibility index (Phi) is 2.44. The van der Waals surface area contributed by atoms with Crippen LogP contribution in [0.15, 0.2) is 39.4 Å². The van der Waals surface area contributed by atoms with Crippen LogP contribution in [0.4, 0.5) is 0 Å². The molecule has 0 bridgehead atoms. The fourth-order valence-electron chi connectivity index (χ4n) is 1.82. The van der Waals surface area contributed by atoms with Crippen LogP contribution in [-0.4, -0.2) is 15.3 Å². The highest BCUT2D eigenvalue weighted by molar-refractivity contribution is 5.77. The van der Waals surface area contributed by atoms with Gasteiger partial charge in [0.05, 0.1) is 0 Å². The van der Waals surface area contributed by atoms with Gasteiger partial charge in [0, 0.05) is 5.56 Å². The molecule has 0 aliphatic rings. The van der Waals surface area contributed by atoms with Gasteiger partial charge in [-0.1, -0.05) is 40.6 Å². The zero-order valence-corrected chi connectivity index (χ0v) is 10.0. The number of aromatic nitrogens is 3. The highest BCUT2D eigenvalue weighted by Gasteiger charge is 2.21. The van der Waals surface area contributed by atoms with Gasteiger partial charge >= 0.3 is 0 Å². The predicted molar refractivity (Wildman–Crippen MR) is 64.7 cm³/mol. The summed E-state index contributed by atoms with van der Waals surface area (Å²) < 4.78 is 10.4. The zero-order valence-electron chi connectivity index (χ0n) is 10.0. The van der Waals surface area contributed by atoms with E-state index in [2.05, 4.69) is 15.3 Å². The number of benzene rings is 1. The monoisotopic (exact) mass is 241 g/mol. The van der Waals surface area contributed by atoms with Gasteiger partial charge in [-0.15, -0.1) is 0 Å². The molecule has 0 saturated heterocycles. The molecule has 0 atom stereocenters. The predicted octanol–water partition coefficient (Wildman–Crippen LogP) is 3.01. The normalized spacial score (nSPS) is 10.8. The lowest BCUT2D eigenvalue weighted by Gasteiger charge is -1.97. The van der Waals surface area contributed by atoms with Crippen molar-refractivity contribution in [2.75, 3.05) is 0 Å². The number of hydrogen-bond donors (Lipinski definition) is 0. The molecule has 0 aliphatic heterocycles. The molecule has 0 spiro atoms. The lowest BCUT2D eigenvalue weighted by Crippen LogP contribution is -1.84. The second-order valence-corrected chi connectivity index (χ2v) is 3.98. The summed E-state index contributed by atoms with van der Waals surface area (Å²) in [4.78, 5) is 4.22. The fraction of sp³-hybridized carbons (Fsp3) is 0.154. The second kappa shape index (κ2) is 4.10. The Labute approximate surface area is 103 Å². The summed E-state index contributed by atoms with van der Waals surface area (Å²) in [7, 11) is 0. The minimum absolute atomic E-state index is 0.435. The van der Waals surface area contributed by atoms with Gasteiger partial charge in [-0.2, -0.15) is 4.98 Å². The molecule has 5 heteroatoms. The lowest BCUT2D eigenvalue weighted by molar-refractivity contribution is 0.397. The summed E-state index contributed by atoms with van der Waals surface area (Å²) in [5.41, 5.74) is 2.43. The standard InChI is InChI=1S/C13H11N3O2/c1-8-11(13-14-9(2)15-18-13)12(16-17-8)10-6-4-3-5-7-10/h3-7H,1-2H3. The number of nitrogens with zero attached hydrogens (tertiary/aromatic N) is 3. The molecule has 3 rings (SSSR count). The summed E-state index contributed by atoms with van der Waals surface area (Å²) in [6.07, 6.45) is 0. The molecule has 0 aliphatic carbocycles. The molecule has 0 amide bonds. The van der Waals surface area contributed by atoms with Crippen molar-refractivity contribution in [1.29, 1.82) is 0 Å². The van der Waals surface area contributed by atoms with E-state index in [1.54, 1.807) is 6.92 Å². The van der Waals surface area contributed by atoms with Crippen LogP contribution in [0.2, 0.25) is 0 Å². The van der Waals surface area contributed by atoms with Gasteiger partial charge in [0.1, 0.15) is 17.0 Å². The molecule has 0 fully saturated rings. The Morgan fingerprint density at radius 1 is 0.944 bits per heavy atom. The molecule has 0 N–H and O–H groups in total. The van der Waals surface area contributed by atoms with Crippen molar-refractivity contribution in [2.45, 2.75) is 13.8 Å². The molecule has 2 aromatic heterocycles. The average molecular weight is 241 g/mol. The first-order valence-electron chi connectivity index (χ1n) is 5.58. The van der Waals surface area contributed by atoms with Gasteiger partial charge in [0.25, 0.3) is 5.89 Å². The summed E-state index contributed by atoms with van der Waals surface area (Å²) in [6, 6.07) is 9.77. The van der Waals surface area contributed by atoms with Crippen molar-refractivity contribution < 1.29 is 9.05 Å². The number of hydrogen-bond acceptors (Lipinski definition) is 5. The van der Waals surface area contributed by atoms with Gasteiger partial charge in [-0.3, -0.25) is 0 Å². The molecule has 0 radical (unpaired) electrons. The van der Waals surface area contributed by atoms with Crippen LogP contribution in [0.3, 0.4) is 0 Å². The first kappa shape index (κ1) is 10.7. The molecule has 0 unspecified atom stereocenters. The SMILES string of the molecule is Cc1noc(-c2c(-c3ccccc3)noc2C)n1. The molecule has 0 saturated carbocycles. The van der Waals surface area contributed by atoms with Gasteiger partial charge in [0.2, 0.25) is 0 Å². The van der Waals surface area contributed by atoms with Gasteiger partial charge in [-0.05, 0) is 13.8 Å². The minimum atomic E-state index is 0.435. The van der Waals surface area contributed by atoms with E-state index in [0.717, 1.165) is 16.8 Å². The summed E-state index contributed by atoms with van der Waals surface area (Å²) in [6.45, 7) is 3.60. The maximum absolute atomic E-state index is 5.24. The molecule has 90 valence electrons. The van der Waals surface area contributed by atoms with E-state index in [1.807, 2.05) is 37.3 Å². The molecule has 3 aromatic rings. The Balaban J connectivity index is 2.18. The third kappa shape index (κ3) is 1.69. The van der Waals surface area contributed by atoms with Gasteiger partial charge < -0.3 is 9.05 Å². The Morgan fingerprint density at radius 3 is 2.39 bits per heavy atom. The van der Waals surface area contributed by atoms with E-state index >= 15 is 0 Å². The largest absolute Gasteiger partial charge is 0.360 e. The van der Waals surface area contributed by atoms with E-state index in [-0.39, 0.29) is 0 Å². The molecule has 1 aromatic carbocycles. The third-order valence-corrected chi connectivity index (χ3v) is 2.65. The van der Waals surface area contributed by atoms with Crippen molar-refractivity contribution in [1.82, 2.24) is 15.3 Å². The van der Waals surface area contributed by atoms with Gasteiger partial charge in [0.15, 0.2) is 5.82 Å². The van der Waals surface area contributed by atoms with Crippen LogP contribution in [0.1, 0.15) is 11.6 Å². The van der Waals surface area contributed by atoms with Crippen molar-refractivity contribution in [3.05, 3.63) is 41.9 Å². The van der Waals surface area contributed by atoms with E-state index < -0.39 is 0 Å². The topological polar surface area (TPSA) is 65.0 Å². The van der Waals surface area contributed by atoms with Crippen LogP contribution in [-0.2, 0) is 0 Å². The lowest BCUT2D eigenvalue weighted by atomic mass is 10.1. The van der Waals surface area contributed by atoms with Crippen LogP contribution < -0.4 is 0 Å². The number of aryl methyl sites for hydroxylation is 2. The zero-order chi connectivity index (χ0) is 12.5.